The van der Waals surface area contributed by atoms with Crippen LogP contribution in [0.1, 0.15) is 54.4 Å². The molecule has 0 aliphatic heterocycles. The summed E-state index contributed by atoms with van der Waals surface area (Å²) in [7, 11) is 0. The zero-order chi connectivity index (χ0) is 16.7. The van der Waals surface area contributed by atoms with E-state index in [1.54, 1.807) is 6.07 Å². The molecule has 0 heterocycles. The number of hydrogen-bond acceptors (Lipinski definition) is 3. The molecule has 130 valence electrons. The molecule has 3 N–H and O–H groups in total. The molecule has 0 saturated heterocycles. The number of carbonyl (C=O) groups is 1. The molecule has 4 bridgehead atoms. The zero-order valence-corrected chi connectivity index (χ0v) is 13.9. The van der Waals surface area contributed by atoms with Gasteiger partial charge in [0, 0.05) is 24.2 Å². The molecule has 0 aromatic heterocycles. The van der Waals surface area contributed by atoms with E-state index < -0.39 is 11.7 Å². The molecular weight excluding hydrogens is 307 g/mol. The Kier molecular flexibility index (Phi) is 4.09. The lowest BCUT2D eigenvalue weighted by Crippen LogP contribution is -2.50. The molecule has 4 aliphatic carbocycles. The summed E-state index contributed by atoms with van der Waals surface area (Å²) < 4.78 is 14.1. The fourth-order valence-electron chi connectivity index (χ4n) is 5.87. The van der Waals surface area contributed by atoms with Crippen molar-refractivity contribution >= 4 is 5.91 Å². The Balaban J connectivity index is 1.37. The smallest absolute Gasteiger partial charge is 0.274 e. The number of hydroxylamine groups is 1. The van der Waals surface area contributed by atoms with E-state index in [-0.39, 0.29) is 5.56 Å². The first kappa shape index (κ1) is 16.0. The van der Waals surface area contributed by atoms with Crippen LogP contribution < -0.4 is 10.8 Å². The van der Waals surface area contributed by atoms with E-state index in [1.165, 1.54) is 56.1 Å². The second kappa shape index (κ2) is 6.12. The third-order valence-corrected chi connectivity index (χ3v) is 6.40. The Morgan fingerprint density at radius 3 is 2.33 bits per heavy atom. The van der Waals surface area contributed by atoms with E-state index in [1.807, 2.05) is 0 Å². The van der Waals surface area contributed by atoms with Crippen molar-refractivity contribution in [2.45, 2.75) is 45.1 Å². The molecule has 5 rings (SSSR count). The minimum atomic E-state index is -0.693. The van der Waals surface area contributed by atoms with Gasteiger partial charge in [0.1, 0.15) is 5.82 Å². The van der Waals surface area contributed by atoms with Gasteiger partial charge in [0.25, 0.3) is 5.91 Å². The SMILES string of the molecule is O=C(NO)c1ccc(CNCC23CC4CC(CC(C4)C2)C3)c(F)c1. The minimum absolute atomic E-state index is 0.125. The lowest BCUT2D eigenvalue weighted by molar-refractivity contribution is -0.0514. The van der Waals surface area contributed by atoms with Gasteiger partial charge >= 0.3 is 0 Å². The summed E-state index contributed by atoms with van der Waals surface area (Å²) >= 11 is 0. The highest BCUT2D eigenvalue weighted by Crippen LogP contribution is 2.59. The van der Waals surface area contributed by atoms with Crippen molar-refractivity contribution in [2.75, 3.05) is 6.54 Å². The number of rotatable bonds is 5. The van der Waals surface area contributed by atoms with E-state index in [0.717, 1.165) is 24.3 Å². The summed E-state index contributed by atoms with van der Waals surface area (Å²) in [6.07, 6.45) is 8.31. The maximum Gasteiger partial charge on any atom is 0.274 e. The number of nitrogens with one attached hydrogen (secondary N) is 2. The predicted molar refractivity (Wildman–Crippen MR) is 88.0 cm³/mol. The maximum absolute atomic E-state index is 14.1. The van der Waals surface area contributed by atoms with Gasteiger partial charge in [-0.15, -0.1) is 0 Å². The van der Waals surface area contributed by atoms with Gasteiger partial charge in [-0.1, -0.05) is 6.07 Å². The van der Waals surface area contributed by atoms with E-state index in [0.29, 0.717) is 17.5 Å². The zero-order valence-electron chi connectivity index (χ0n) is 13.9. The van der Waals surface area contributed by atoms with Crippen LogP contribution in [0.4, 0.5) is 4.39 Å². The average Bonchev–Trinajstić information content (AvgIpc) is 2.54. The van der Waals surface area contributed by atoms with Crippen LogP contribution >= 0.6 is 0 Å². The third kappa shape index (κ3) is 2.95. The van der Waals surface area contributed by atoms with Gasteiger partial charge < -0.3 is 5.32 Å². The molecule has 5 heteroatoms. The largest absolute Gasteiger partial charge is 0.312 e. The summed E-state index contributed by atoms with van der Waals surface area (Å²) in [4.78, 5) is 11.3. The Morgan fingerprint density at radius 1 is 1.17 bits per heavy atom. The van der Waals surface area contributed by atoms with Crippen LogP contribution in [0, 0.1) is 29.0 Å². The van der Waals surface area contributed by atoms with Gasteiger partial charge in [0.2, 0.25) is 0 Å². The number of halogens is 1. The van der Waals surface area contributed by atoms with Crippen LogP contribution in [-0.2, 0) is 6.54 Å². The molecule has 4 aliphatic rings. The van der Waals surface area contributed by atoms with E-state index in [2.05, 4.69) is 5.32 Å². The quantitative estimate of drug-likeness (QED) is 0.573. The van der Waals surface area contributed by atoms with Crippen molar-refractivity contribution in [3.05, 3.63) is 35.1 Å². The van der Waals surface area contributed by atoms with Gasteiger partial charge in [-0.05, 0) is 73.8 Å². The van der Waals surface area contributed by atoms with E-state index >= 15 is 0 Å². The average molecular weight is 332 g/mol. The number of benzene rings is 1. The van der Waals surface area contributed by atoms with E-state index in [9.17, 15) is 9.18 Å². The first-order valence-corrected chi connectivity index (χ1v) is 9.00. The van der Waals surface area contributed by atoms with Gasteiger partial charge in [-0.3, -0.25) is 10.0 Å². The molecule has 24 heavy (non-hydrogen) atoms. The standard InChI is InChI=1S/C19H25FN2O2/c20-17-6-15(18(23)22-24)1-2-16(17)10-21-11-19-7-12-3-13(8-19)5-14(4-12)9-19/h1-2,6,12-14,21,24H,3-5,7-11H2,(H,22,23). The van der Waals surface area contributed by atoms with Crippen molar-refractivity contribution in [2.24, 2.45) is 23.2 Å². The summed E-state index contributed by atoms with van der Waals surface area (Å²) in [6, 6.07) is 4.33. The first-order chi connectivity index (χ1) is 11.6. The molecule has 1 amide bonds. The third-order valence-electron chi connectivity index (χ3n) is 6.40. The van der Waals surface area contributed by atoms with Crippen LogP contribution in [0.5, 0.6) is 0 Å². The fraction of sp³-hybridized carbons (Fsp3) is 0.632. The molecule has 4 saturated carbocycles. The first-order valence-electron chi connectivity index (χ1n) is 9.00. The predicted octanol–water partition coefficient (Wildman–Crippen LogP) is 3.25. The minimum Gasteiger partial charge on any atom is -0.312 e. The molecule has 1 aromatic rings. The van der Waals surface area contributed by atoms with Gasteiger partial charge in [-0.25, -0.2) is 9.87 Å². The molecule has 0 spiro atoms. The Hall–Kier alpha value is -1.46. The fourth-order valence-corrected chi connectivity index (χ4v) is 5.87. The number of carbonyl (C=O) groups excluding carboxylic acids is 1. The summed E-state index contributed by atoms with van der Waals surface area (Å²) in [5, 5.41) is 12.1. The molecule has 0 radical (unpaired) electrons. The van der Waals surface area contributed by atoms with Crippen molar-refractivity contribution in [1.82, 2.24) is 10.8 Å². The molecule has 0 atom stereocenters. The maximum atomic E-state index is 14.1. The molecule has 4 nitrogen and oxygen atoms in total. The van der Waals surface area contributed by atoms with E-state index in [4.69, 9.17) is 5.21 Å². The topological polar surface area (TPSA) is 61.4 Å². The highest BCUT2D eigenvalue weighted by atomic mass is 19.1. The number of amides is 1. The Bertz CT molecular complexity index is 611. The summed E-state index contributed by atoms with van der Waals surface area (Å²) in [5.41, 5.74) is 2.65. The highest BCUT2D eigenvalue weighted by Gasteiger charge is 2.50. The second-order valence-electron chi connectivity index (χ2n) is 8.27. The molecule has 1 aromatic carbocycles. The number of hydrogen-bond donors (Lipinski definition) is 3. The van der Waals surface area contributed by atoms with Crippen LogP contribution in [0.3, 0.4) is 0 Å². The summed E-state index contributed by atoms with van der Waals surface area (Å²) in [5.74, 6) is 1.67. The Labute approximate surface area is 141 Å². The Morgan fingerprint density at radius 2 is 1.79 bits per heavy atom. The molecule has 4 fully saturated rings. The second-order valence-corrected chi connectivity index (χ2v) is 8.27. The van der Waals surface area contributed by atoms with Gasteiger partial charge in [0.15, 0.2) is 0 Å². The van der Waals surface area contributed by atoms with Crippen molar-refractivity contribution in [3.63, 3.8) is 0 Å². The van der Waals surface area contributed by atoms with Crippen molar-refractivity contribution in [3.8, 4) is 0 Å². The van der Waals surface area contributed by atoms with Gasteiger partial charge in [-0.2, -0.15) is 0 Å². The van der Waals surface area contributed by atoms with Crippen molar-refractivity contribution in [1.29, 1.82) is 0 Å². The van der Waals surface area contributed by atoms with Crippen LogP contribution in [0.15, 0.2) is 18.2 Å². The normalized spacial score (nSPS) is 33.7. The van der Waals surface area contributed by atoms with Gasteiger partial charge in [0.05, 0.1) is 0 Å². The molecular formula is C19H25FN2O2. The summed E-state index contributed by atoms with van der Waals surface area (Å²) in [6.45, 7) is 1.45. The van der Waals surface area contributed by atoms with Crippen LogP contribution in [-0.4, -0.2) is 17.7 Å². The van der Waals surface area contributed by atoms with Crippen LogP contribution in [0.25, 0.3) is 0 Å². The van der Waals surface area contributed by atoms with Crippen molar-refractivity contribution < 1.29 is 14.4 Å². The lowest BCUT2D eigenvalue weighted by Gasteiger charge is -2.57. The molecule has 0 unspecified atom stereocenters. The highest BCUT2D eigenvalue weighted by molar-refractivity contribution is 5.93. The van der Waals surface area contributed by atoms with Crippen LogP contribution in [0.2, 0.25) is 0 Å². The lowest BCUT2D eigenvalue weighted by atomic mass is 9.49. The monoisotopic (exact) mass is 332 g/mol.